The van der Waals surface area contributed by atoms with Gasteiger partial charge >= 0.3 is 0 Å². The lowest BCUT2D eigenvalue weighted by Crippen LogP contribution is -2.31. The molecule has 6 heteroatoms. The third kappa shape index (κ3) is 1.69. The average Bonchev–Trinajstić information content (AvgIpc) is 1.94. The first kappa shape index (κ1) is 10.5. The van der Waals surface area contributed by atoms with Crippen LogP contribution in [0.25, 0.3) is 0 Å². The fourth-order valence-electron chi connectivity index (χ4n) is 0.945. The van der Waals surface area contributed by atoms with E-state index in [1.54, 1.807) is 0 Å². The van der Waals surface area contributed by atoms with Crippen molar-refractivity contribution in [2.24, 2.45) is 0 Å². The van der Waals surface area contributed by atoms with Crippen LogP contribution in [0.2, 0.25) is 0 Å². The first-order valence-corrected chi connectivity index (χ1v) is 7.31. The zero-order valence-electron chi connectivity index (χ0n) is 5.72. The van der Waals surface area contributed by atoms with Crippen molar-refractivity contribution in [2.45, 2.75) is 20.2 Å². The van der Waals surface area contributed by atoms with Gasteiger partial charge in [0.1, 0.15) is 4.16 Å². The SMILES string of the molecule is C[C@]1(Br)[C@H](Br)CS(=O)(=O)[C@@H]1Br. The molecule has 2 nitrogen and oxygen atoms in total. The Balaban J connectivity index is 3.09. The lowest BCUT2D eigenvalue weighted by Gasteiger charge is -2.21. The second-order valence-corrected chi connectivity index (χ2v) is 9.23. The van der Waals surface area contributed by atoms with Crippen LogP contribution in [-0.2, 0) is 9.84 Å². The lowest BCUT2D eigenvalue weighted by atomic mass is 10.2. The summed E-state index contributed by atoms with van der Waals surface area (Å²) in [6.07, 6.45) is 0. The van der Waals surface area contributed by atoms with E-state index in [0.717, 1.165) is 0 Å². The Morgan fingerprint density at radius 2 is 1.91 bits per heavy atom. The molecule has 1 aliphatic heterocycles. The molecule has 0 aliphatic carbocycles. The minimum Gasteiger partial charge on any atom is -0.228 e. The second kappa shape index (κ2) is 2.96. The van der Waals surface area contributed by atoms with Crippen LogP contribution >= 0.6 is 47.8 Å². The van der Waals surface area contributed by atoms with Crippen molar-refractivity contribution in [3.05, 3.63) is 0 Å². The topological polar surface area (TPSA) is 34.1 Å². The molecule has 1 aliphatic rings. The summed E-state index contributed by atoms with van der Waals surface area (Å²) >= 11 is 9.85. The van der Waals surface area contributed by atoms with E-state index < -0.39 is 18.3 Å². The molecular formula is C5H7Br3O2S. The minimum atomic E-state index is -2.96. The Kier molecular flexibility index (Phi) is 2.82. The number of hydrogen-bond donors (Lipinski definition) is 0. The van der Waals surface area contributed by atoms with Crippen LogP contribution in [0, 0.1) is 0 Å². The normalized spacial score (nSPS) is 49.5. The predicted octanol–water partition coefficient (Wildman–Crippen LogP) is 2.05. The minimum absolute atomic E-state index is 0.0237. The standard InChI is InChI=1S/C5H7Br3O2S/c1-5(8)3(6)2-11(9,10)4(5)7/h3-4H,2H2,1H3/t3-,4+,5+/m1/s1. The molecule has 11 heavy (non-hydrogen) atoms. The van der Waals surface area contributed by atoms with Gasteiger partial charge in [0.05, 0.1) is 10.1 Å². The van der Waals surface area contributed by atoms with Gasteiger partial charge in [0, 0.05) is 4.83 Å². The fraction of sp³-hybridized carbons (Fsp3) is 1.00. The van der Waals surface area contributed by atoms with Crippen molar-refractivity contribution in [3.63, 3.8) is 0 Å². The largest absolute Gasteiger partial charge is 0.228 e. The third-order valence-corrected chi connectivity index (χ3v) is 10.6. The zero-order valence-corrected chi connectivity index (χ0v) is 11.3. The molecule has 0 bridgehead atoms. The highest BCUT2D eigenvalue weighted by atomic mass is 79.9. The van der Waals surface area contributed by atoms with Gasteiger partial charge in [0.15, 0.2) is 9.84 Å². The molecule has 0 radical (unpaired) electrons. The molecule has 0 aromatic rings. The maximum atomic E-state index is 11.3. The molecule has 1 fully saturated rings. The van der Waals surface area contributed by atoms with Gasteiger partial charge < -0.3 is 0 Å². The molecule has 66 valence electrons. The Bertz CT molecular complexity index is 259. The summed E-state index contributed by atoms with van der Waals surface area (Å²) < 4.78 is 21.7. The molecule has 1 rings (SSSR count). The van der Waals surface area contributed by atoms with Crippen molar-refractivity contribution >= 4 is 57.6 Å². The highest BCUT2D eigenvalue weighted by Gasteiger charge is 2.52. The molecule has 0 N–H and O–H groups in total. The number of alkyl halides is 3. The summed E-state index contributed by atoms with van der Waals surface area (Å²) in [5.74, 6) is 0.185. The molecule has 0 spiro atoms. The van der Waals surface area contributed by atoms with Crippen molar-refractivity contribution in [2.75, 3.05) is 5.75 Å². The Hall–Kier alpha value is 1.39. The fourth-order valence-corrected chi connectivity index (χ4v) is 6.64. The Morgan fingerprint density at radius 1 is 1.45 bits per heavy atom. The highest BCUT2D eigenvalue weighted by Crippen LogP contribution is 2.44. The Morgan fingerprint density at radius 3 is 2.00 bits per heavy atom. The van der Waals surface area contributed by atoms with Crippen molar-refractivity contribution in [1.82, 2.24) is 0 Å². The zero-order chi connectivity index (χ0) is 8.86. The maximum Gasteiger partial charge on any atom is 0.165 e. The van der Waals surface area contributed by atoms with Crippen LogP contribution in [0.5, 0.6) is 0 Å². The van der Waals surface area contributed by atoms with E-state index in [0.29, 0.717) is 0 Å². The monoisotopic (exact) mass is 368 g/mol. The van der Waals surface area contributed by atoms with Crippen molar-refractivity contribution in [1.29, 1.82) is 0 Å². The molecule has 0 saturated carbocycles. The van der Waals surface area contributed by atoms with Crippen molar-refractivity contribution in [3.8, 4) is 0 Å². The van der Waals surface area contributed by atoms with Crippen LogP contribution in [0.3, 0.4) is 0 Å². The summed E-state index contributed by atoms with van der Waals surface area (Å²) in [5, 5.41) is 0. The van der Waals surface area contributed by atoms with Gasteiger partial charge in [-0.05, 0) is 6.92 Å². The van der Waals surface area contributed by atoms with Crippen LogP contribution in [-0.4, -0.2) is 27.5 Å². The quantitative estimate of drug-likeness (QED) is 0.612. The van der Waals surface area contributed by atoms with Crippen LogP contribution in [0.1, 0.15) is 6.92 Å². The molecule has 1 saturated heterocycles. The van der Waals surface area contributed by atoms with Crippen LogP contribution in [0.15, 0.2) is 0 Å². The van der Waals surface area contributed by atoms with E-state index in [1.165, 1.54) is 0 Å². The number of sulfone groups is 1. The second-order valence-electron chi connectivity index (χ2n) is 2.76. The van der Waals surface area contributed by atoms with Gasteiger partial charge in [0.25, 0.3) is 0 Å². The van der Waals surface area contributed by atoms with E-state index in [-0.39, 0.29) is 10.6 Å². The number of rotatable bonds is 0. The number of halogens is 3. The predicted molar refractivity (Wildman–Crippen MR) is 56.5 cm³/mol. The Labute approximate surface area is 91.4 Å². The van der Waals surface area contributed by atoms with E-state index in [4.69, 9.17) is 0 Å². The summed E-state index contributed by atoms with van der Waals surface area (Å²) in [5.41, 5.74) is 0. The molecule has 0 amide bonds. The van der Waals surface area contributed by atoms with Gasteiger partial charge in [-0.2, -0.15) is 0 Å². The van der Waals surface area contributed by atoms with Crippen LogP contribution < -0.4 is 0 Å². The van der Waals surface area contributed by atoms with Gasteiger partial charge in [-0.25, -0.2) is 8.42 Å². The highest BCUT2D eigenvalue weighted by molar-refractivity contribution is 9.15. The summed E-state index contributed by atoms with van der Waals surface area (Å²) in [6, 6.07) is 0. The molecule has 0 unspecified atom stereocenters. The maximum absolute atomic E-state index is 11.3. The van der Waals surface area contributed by atoms with E-state index in [2.05, 4.69) is 47.8 Å². The van der Waals surface area contributed by atoms with E-state index in [1.807, 2.05) is 6.92 Å². The third-order valence-electron chi connectivity index (χ3n) is 1.75. The van der Waals surface area contributed by atoms with Crippen LogP contribution in [0.4, 0.5) is 0 Å². The summed E-state index contributed by atoms with van der Waals surface area (Å²) in [7, 11) is -2.96. The summed E-state index contributed by atoms with van der Waals surface area (Å²) in [4.78, 5) is -0.0237. The first-order valence-electron chi connectivity index (χ1n) is 2.97. The van der Waals surface area contributed by atoms with E-state index >= 15 is 0 Å². The van der Waals surface area contributed by atoms with Gasteiger partial charge in [0.2, 0.25) is 0 Å². The first-order chi connectivity index (χ1) is 4.78. The average molecular weight is 371 g/mol. The van der Waals surface area contributed by atoms with Gasteiger partial charge in [-0.1, -0.05) is 47.8 Å². The lowest BCUT2D eigenvalue weighted by molar-refractivity contribution is 0.599. The van der Waals surface area contributed by atoms with Crippen molar-refractivity contribution < 1.29 is 8.42 Å². The smallest absolute Gasteiger partial charge is 0.165 e. The number of hydrogen-bond acceptors (Lipinski definition) is 2. The molecule has 1 heterocycles. The molecular weight excluding hydrogens is 364 g/mol. The molecule has 0 aromatic heterocycles. The van der Waals surface area contributed by atoms with E-state index in [9.17, 15) is 8.42 Å². The van der Waals surface area contributed by atoms with Gasteiger partial charge in [-0.15, -0.1) is 0 Å². The molecule has 3 atom stereocenters. The van der Waals surface area contributed by atoms with Gasteiger partial charge in [-0.3, -0.25) is 0 Å². The molecule has 0 aromatic carbocycles. The summed E-state index contributed by atoms with van der Waals surface area (Å²) in [6.45, 7) is 1.86.